The molecule has 0 spiro atoms. The lowest BCUT2D eigenvalue weighted by molar-refractivity contribution is 0.156. The normalized spacial score (nSPS) is 13.2. The number of methoxy groups -OCH3 is 1. The van der Waals surface area contributed by atoms with Crippen molar-refractivity contribution >= 4 is 0 Å². The van der Waals surface area contributed by atoms with Gasteiger partial charge in [-0.05, 0) is 0 Å². The van der Waals surface area contributed by atoms with Gasteiger partial charge in [0.25, 0.3) is 0 Å². The summed E-state index contributed by atoms with van der Waals surface area (Å²) < 4.78 is 7.18. The number of rotatable bonds is 5. The Hall–Kier alpha value is -0.870. The van der Waals surface area contributed by atoms with Crippen LogP contribution >= 0.6 is 0 Å². The van der Waals surface area contributed by atoms with Gasteiger partial charge in [-0.25, -0.2) is 4.98 Å². The van der Waals surface area contributed by atoms with E-state index < -0.39 is 0 Å². The molecule has 4 nitrogen and oxygen atoms in total. The Balaban J connectivity index is 2.77. The molecule has 0 bridgehead atoms. The molecule has 1 atom stereocenters. The van der Waals surface area contributed by atoms with Gasteiger partial charge in [-0.15, -0.1) is 0 Å². The minimum absolute atomic E-state index is 0.211. The van der Waals surface area contributed by atoms with Gasteiger partial charge in [-0.1, -0.05) is 6.92 Å². The minimum atomic E-state index is 0.211. The first-order chi connectivity index (χ1) is 6.33. The van der Waals surface area contributed by atoms with Crippen LogP contribution in [0.4, 0.5) is 0 Å². The van der Waals surface area contributed by atoms with E-state index in [0.717, 1.165) is 12.2 Å². The molecule has 1 aromatic rings. The Bertz CT molecular complexity index is 247. The van der Waals surface area contributed by atoms with E-state index in [4.69, 9.17) is 10.5 Å². The van der Waals surface area contributed by atoms with Crippen LogP contribution in [0.25, 0.3) is 0 Å². The zero-order valence-electron chi connectivity index (χ0n) is 8.23. The Morgan fingerprint density at radius 3 is 3.00 bits per heavy atom. The molecule has 0 aliphatic rings. The van der Waals surface area contributed by atoms with Gasteiger partial charge in [0.1, 0.15) is 5.82 Å². The van der Waals surface area contributed by atoms with Crippen LogP contribution in [0, 0.1) is 0 Å². The van der Waals surface area contributed by atoms with Crippen LogP contribution in [-0.2, 0) is 11.2 Å². The Morgan fingerprint density at radius 1 is 1.69 bits per heavy atom. The summed E-state index contributed by atoms with van der Waals surface area (Å²) in [5, 5.41) is 0. The summed E-state index contributed by atoms with van der Waals surface area (Å²) in [6.07, 6.45) is 4.68. The van der Waals surface area contributed by atoms with E-state index in [2.05, 4.69) is 16.5 Å². The lowest BCUT2D eigenvalue weighted by Gasteiger charge is -2.17. The second-order valence-electron chi connectivity index (χ2n) is 2.95. The van der Waals surface area contributed by atoms with Crippen molar-refractivity contribution < 1.29 is 4.74 Å². The smallest absolute Gasteiger partial charge is 0.108 e. The van der Waals surface area contributed by atoms with Gasteiger partial charge in [0.2, 0.25) is 0 Å². The van der Waals surface area contributed by atoms with Gasteiger partial charge in [0, 0.05) is 32.5 Å². The third kappa shape index (κ3) is 2.29. The van der Waals surface area contributed by atoms with Crippen LogP contribution < -0.4 is 5.73 Å². The average molecular weight is 183 g/mol. The SMILES string of the molecule is CCc1nccn1C(CN)COC. The molecule has 0 amide bonds. The number of imidazole rings is 1. The van der Waals surface area contributed by atoms with E-state index in [1.165, 1.54) is 0 Å². The largest absolute Gasteiger partial charge is 0.382 e. The highest BCUT2D eigenvalue weighted by atomic mass is 16.5. The van der Waals surface area contributed by atoms with Crippen LogP contribution in [0.5, 0.6) is 0 Å². The van der Waals surface area contributed by atoms with E-state index in [9.17, 15) is 0 Å². The van der Waals surface area contributed by atoms with Gasteiger partial charge >= 0.3 is 0 Å². The van der Waals surface area contributed by atoms with Crippen molar-refractivity contribution in [2.45, 2.75) is 19.4 Å². The summed E-state index contributed by atoms with van der Waals surface area (Å²) in [4.78, 5) is 4.24. The van der Waals surface area contributed by atoms with Crippen molar-refractivity contribution in [3.05, 3.63) is 18.2 Å². The zero-order chi connectivity index (χ0) is 9.68. The third-order valence-electron chi connectivity index (χ3n) is 2.09. The van der Waals surface area contributed by atoms with E-state index in [-0.39, 0.29) is 6.04 Å². The second-order valence-corrected chi connectivity index (χ2v) is 2.95. The molecular formula is C9H17N3O. The van der Waals surface area contributed by atoms with Crippen molar-refractivity contribution in [3.63, 3.8) is 0 Å². The molecule has 0 aromatic carbocycles. The highest BCUT2D eigenvalue weighted by Gasteiger charge is 2.11. The summed E-state index contributed by atoms with van der Waals surface area (Å²) in [6.45, 7) is 3.30. The quantitative estimate of drug-likeness (QED) is 0.727. The molecule has 1 rings (SSSR count). The standard InChI is InChI=1S/C9H17N3O/c1-3-9-11-4-5-12(9)8(6-10)7-13-2/h4-5,8H,3,6-7,10H2,1-2H3. The lowest BCUT2D eigenvalue weighted by Crippen LogP contribution is -2.24. The number of aromatic nitrogens is 2. The highest BCUT2D eigenvalue weighted by Crippen LogP contribution is 2.09. The monoisotopic (exact) mass is 183 g/mol. The number of nitrogens with zero attached hydrogens (tertiary/aromatic N) is 2. The van der Waals surface area contributed by atoms with Gasteiger partial charge in [0.05, 0.1) is 12.6 Å². The average Bonchev–Trinajstić information content (AvgIpc) is 2.61. The lowest BCUT2D eigenvalue weighted by atomic mass is 10.3. The summed E-state index contributed by atoms with van der Waals surface area (Å²) >= 11 is 0. The molecule has 74 valence electrons. The molecular weight excluding hydrogens is 166 g/mol. The van der Waals surface area contributed by atoms with E-state index in [0.29, 0.717) is 13.2 Å². The fourth-order valence-corrected chi connectivity index (χ4v) is 1.40. The molecule has 1 aromatic heterocycles. The maximum Gasteiger partial charge on any atom is 0.108 e. The predicted octanol–water partition coefficient (Wildman–Crippen LogP) is 0.592. The molecule has 1 heterocycles. The molecule has 0 fully saturated rings. The van der Waals surface area contributed by atoms with Crippen molar-refractivity contribution in [1.82, 2.24) is 9.55 Å². The summed E-state index contributed by atoms with van der Waals surface area (Å²) in [5.74, 6) is 1.06. The zero-order valence-corrected chi connectivity index (χ0v) is 8.23. The maximum atomic E-state index is 5.65. The topological polar surface area (TPSA) is 53.1 Å². The third-order valence-corrected chi connectivity index (χ3v) is 2.09. The summed E-state index contributed by atoms with van der Waals surface area (Å²) in [7, 11) is 1.69. The van der Waals surface area contributed by atoms with Crippen LogP contribution in [0.15, 0.2) is 12.4 Å². The van der Waals surface area contributed by atoms with Crippen LogP contribution in [0.1, 0.15) is 18.8 Å². The van der Waals surface area contributed by atoms with E-state index in [1.54, 1.807) is 13.3 Å². The van der Waals surface area contributed by atoms with Crippen LogP contribution in [0.3, 0.4) is 0 Å². The molecule has 0 aliphatic heterocycles. The molecule has 0 saturated heterocycles. The van der Waals surface area contributed by atoms with Gasteiger partial charge in [-0.2, -0.15) is 0 Å². The van der Waals surface area contributed by atoms with Gasteiger partial charge in [0.15, 0.2) is 0 Å². The first kappa shape index (κ1) is 10.2. The first-order valence-electron chi connectivity index (χ1n) is 4.54. The molecule has 2 N–H and O–H groups in total. The van der Waals surface area contributed by atoms with Gasteiger partial charge in [-0.3, -0.25) is 0 Å². The minimum Gasteiger partial charge on any atom is -0.382 e. The predicted molar refractivity (Wildman–Crippen MR) is 51.6 cm³/mol. The fourth-order valence-electron chi connectivity index (χ4n) is 1.40. The molecule has 0 radical (unpaired) electrons. The second kappa shape index (κ2) is 4.99. The van der Waals surface area contributed by atoms with Crippen molar-refractivity contribution in [3.8, 4) is 0 Å². The van der Waals surface area contributed by atoms with Crippen molar-refractivity contribution in [2.24, 2.45) is 5.73 Å². The number of hydrogen-bond donors (Lipinski definition) is 1. The molecule has 13 heavy (non-hydrogen) atoms. The van der Waals surface area contributed by atoms with Crippen molar-refractivity contribution in [2.75, 3.05) is 20.3 Å². The molecule has 4 heteroatoms. The number of nitrogens with two attached hydrogens (primary N) is 1. The summed E-state index contributed by atoms with van der Waals surface area (Å²) in [5.41, 5.74) is 5.65. The maximum absolute atomic E-state index is 5.65. The number of ether oxygens (including phenoxy) is 1. The Labute approximate surface area is 78.7 Å². The number of hydrogen-bond acceptors (Lipinski definition) is 3. The Kier molecular flexibility index (Phi) is 3.92. The number of aryl methyl sites for hydroxylation is 1. The van der Waals surface area contributed by atoms with E-state index >= 15 is 0 Å². The highest BCUT2D eigenvalue weighted by molar-refractivity contribution is 4.95. The molecule has 0 aliphatic carbocycles. The molecule has 0 saturated carbocycles. The van der Waals surface area contributed by atoms with E-state index in [1.807, 2.05) is 6.20 Å². The summed E-state index contributed by atoms with van der Waals surface area (Å²) in [6, 6.07) is 0.211. The Morgan fingerprint density at radius 2 is 2.46 bits per heavy atom. The van der Waals surface area contributed by atoms with Gasteiger partial charge < -0.3 is 15.0 Å². The van der Waals surface area contributed by atoms with Crippen LogP contribution in [-0.4, -0.2) is 29.8 Å². The van der Waals surface area contributed by atoms with Crippen LogP contribution in [0.2, 0.25) is 0 Å². The fraction of sp³-hybridized carbons (Fsp3) is 0.667. The first-order valence-corrected chi connectivity index (χ1v) is 4.54. The van der Waals surface area contributed by atoms with Crippen molar-refractivity contribution in [1.29, 1.82) is 0 Å². The molecule has 1 unspecified atom stereocenters.